The Hall–Kier alpha value is -1.06. The molecule has 4 heteroatoms. The van der Waals surface area contributed by atoms with Crippen LogP contribution in [-0.4, -0.2) is 36.9 Å². The summed E-state index contributed by atoms with van der Waals surface area (Å²) >= 11 is 5.62. The van der Waals surface area contributed by atoms with E-state index in [9.17, 15) is 4.79 Å². The second-order valence-corrected chi connectivity index (χ2v) is 4.63. The van der Waals surface area contributed by atoms with Crippen LogP contribution in [0.2, 0.25) is 0 Å². The minimum absolute atomic E-state index is 0.00849. The van der Waals surface area contributed by atoms with Crippen LogP contribution in [0, 0.1) is 13.8 Å². The van der Waals surface area contributed by atoms with Gasteiger partial charge in [0.1, 0.15) is 5.88 Å². The maximum absolute atomic E-state index is 11.7. The zero-order valence-electron chi connectivity index (χ0n) is 11.2. The number of carbonyl (C=O) groups is 1. The first-order chi connectivity index (χ1) is 8.58. The number of benzene rings is 1. The Balaban J connectivity index is 2.75. The van der Waals surface area contributed by atoms with Gasteiger partial charge in [-0.15, -0.1) is 11.6 Å². The molecule has 0 bridgehead atoms. The monoisotopic (exact) mass is 269 g/mol. The third-order valence-corrected chi connectivity index (χ3v) is 3.21. The summed E-state index contributed by atoms with van der Waals surface area (Å²) in [6.45, 7) is 5.81. The fourth-order valence-corrected chi connectivity index (χ4v) is 1.87. The number of rotatable bonds is 6. The molecule has 0 atom stereocenters. The number of amides is 1. The maximum atomic E-state index is 11.7. The van der Waals surface area contributed by atoms with Crippen LogP contribution < -0.4 is 0 Å². The number of alkyl halides is 1. The van der Waals surface area contributed by atoms with Crippen molar-refractivity contribution in [3.05, 3.63) is 34.9 Å². The minimum Gasteiger partial charge on any atom is -0.383 e. The molecule has 0 heterocycles. The predicted molar refractivity (Wildman–Crippen MR) is 73.9 cm³/mol. The highest BCUT2D eigenvalue weighted by atomic mass is 35.5. The van der Waals surface area contributed by atoms with Crippen molar-refractivity contribution < 1.29 is 9.53 Å². The van der Waals surface area contributed by atoms with Crippen LogP contribution in [0.5, 0.6) is 0 Å². The van der Waals surface area contributed by atoms with Gasteiger partial charge in [-0.1, -0.05) is 18.2 Å². The lowest BCUT2D eigenvalue weighted by molar-refractivity contribution is -0.129. The van der Waals surface area contributed by atoms with Crippen molar-refractivity contribution in [2.24, 2.45) is 0 Å². The third kappa shape index (κ3) is 4.31. The van der Waals surface area contributed by atoms with Gasteiger partial charge in [-0.25, -0.2) is 0 Å². The molecule has 1 aromatic carbocycles. The van der Waals surface area contributed by atoms with E-state index in [1.807, 2.05) is 6.07 Å². The Kier molecular flexibility index (Phi) is 6.16. The van der Waals surface area contributed by atoms with Gasteiger partial charge in [-0.05, 0) is 30.5 Å². The van der Waals surface area contributed by atoms with Crippen LogP contribution in [0.3, 0.4) is 0 Å². The van der Waals surface area contributed by atoms with E-state index >= 15 is 0 Å². The Morgan fingerprint density at radius 1 is 1.33 bits per heavy atom. The number of ether oxygens (including phenoxy) is 1. The Morgan fingerprint density at radius 3 is 2.61 bits per heavy atom. The number of methoxy groups -OCH3 is 1. The summed E-state index contributed by atoms with van der Waals surface area (Å²) in [5, 5.41) is 0. The Morgan fingerprint density at radius 2 is 2.06 bits per heavy atom. The average molecular weight is 270 g/mol. The summed E-state index contributed by atoms with van der Waals surface area (Å²) in [7, 11) is 1.62. The largest absolute Gasteiger partial charge is 0.383 e. The van der Waals surface area contributed by atoms with Crippen LogP contribution in [-0.2, 0) is 16.1 Å². The van der Waals surface area contributed by atoms with Gasteiger partial charge in [-0.3, -0.25) is 4.79 Å². The molecule has 0 aliphatic rings. The molecular formula is C14H20ClNO2. The molecule has 0 saturated carbocycles. The number of nitrogens with zero attached hydrogens (tertiary/aromatic N) is 1. The highest BCUT2D eigenvalue weighted by Gasteiger charge is 2.12. The first-order valence-corrected chi connectivity index (χ1v) is 6.50. The predicted octanol–water partition coefficient (Wildman–Crippen LogP) is 2.52. The molecule has 1 rings (SSSR count). The van der Waals surface area contributed by atoms with E-state index < -0.39 is 0 Å². The van der Waals surface area contributed by atoms with Gasteiger partial charge in [0.05, 0.1) is 6.61 Å². The van der Waals surface area contributed by atoms with E-state index in [2.05, 4.69) is 26.0 Å². The molecule has 3 nitrogen and oxygen atoms in total. The van der Waals surface area contributed by atoms with Gasteiger partial charge >= 0.3 is 0 Å². The fourth-order valence-electron chi connectivity index (χ4n) is 1.70. The summed E-state index contributed by atoms with van der Waals surface area (Å²) in [4.78, 5) is 13.4. The third-order valence-electron chi connectivity index (χ3n) is 2.98. The lowest BCUT2D eigenvalue weighted by Gasteiger charge is -2.22. The molecule has 0 saturated heterocycles. The number of hydrogen-bond donors (Lipinski definition) is 0. The molecule has 0 aliphatic heterocycles. The fraction of sp³-hybridized carbons (Fsp3) is 0.500. The van der Waals surface area contributed by atoms with Crippen LogP contribution in [0.15, 0.2) is 18.2 Å². The molecule has 0 radical (unpaired) electrons. The molecule has 1 amide bonds. The molecule has 0 fully saturated rings. The van der Waals surface area contributed by atoms with Crippen molar-refractivity contribution in [3.8, 4) is 0 Å². The zero-order chi connectivity index (χ0) is 13.5. The van der Waals surface area contributed by atoms with Crippen molar-refractivity contribution >= 4 is 17.5 Å². The summed E-state index contributed by atoms with van der Waals surface area (Å²) in [6.07, 6.45) is 0. The van der Waals surface area contributed by atoms with Gasteiger partial charge in [0, 0.05) is 20.2 Å². The van der Waals surface area contributed by atoms with Crippen LogP contribution in [0.1, 0.15) is 16.7 Å². The molecule has 0 unspecified atom stereocenters. The van der Waals surface area contributed by atoms with Crippen LogP contribution in [0.4, 0.5) is 0 Å². The SMILES string of the molecule is COCCN(Cc1ccc(C)c(C)c1)C(=O)CCl. The molecule has 0 aliphatic carbocycles. The number of aryl methyl sites for hydroxylation is 2. The van der Waals surface area contributed by atoms with E-state index in [0.717, 1.165) is 5.56 Å². The van der Waals surface area contributed by atoms with Crippen molar-refractivity contribution in [3.63, 3.8) is 0 Å². The average Bonchev–Trinajstić information content (AvgIpc) is 2.37. The van der Waals surface area contributed by atoms with Crippen molar-refractivity contribution in [2.45, 2.75) is 20.4 Å². The highest BCUT2D eigenvalue weighted by Crippen LogP contribution is 2.12. The summed E-state index contributed by atoms with van der Waals surface area (Å²) in [5.74, 6) is -0.0545. The topological polar surface area (TPSA) is 29.5 Å². The van der Waals surface area contributed by atoms with E-state index in [-0.39, 0.29) is 11.8 Å². The summed E-state index contributed by atoms with van der Waals surface area (Å²) in [5.41, 5.74) is 3.61. The summed E-state index contributed by atoms with van der Waals surface area (Å²) in [6, 6.07) is 6.23. The smallest absolute Gasteiger partial charge is 0.237 e. The highest BCUT2D eigenvalue weighted by molar-refractivity contribution is 6.27. The van der Waals surface area contributed by atoms with Crippen LogP contribution >= 0.6 is 11.6 Å². The molecule has 18 heavy (non-hydrogen) atoms. The number of hydrogen-bond acceptors (Lipinski definition) is 2. The first kappa shape index (κ1) is 15.0. The normalized spacial score (nSPS) is 10.4. The quantitative estimate of drug-likeness (QED) is 0.743. The van der Waals surface area contributed by atoms with Crippen molar-refractivity contribution in [1.29, 1.82) is 0 Å². The number of halogens is 1. The van der Waals surface area contributed by atoms with Gasteiger partial charge < -0.3 is 9.64 Å². The van der Waals surface area contributed by atoms with Crippen molar-refractivity contribution in [1.82, 2.24) is 4.90 Å². The van der Waals surface area contributed by atoms with Gasteiger partial charge in [0.15, 0.2) is 0 Å². The van der Waals surface area contributed by atoms with Gasteiger partial charge in [-0.2, -0.15) is 0 Å². The lowest BCUT2D eigenvalue weighted by atomic mass is 10.1. The molecule has 0 N–H and O–H groups in total. The van der Waals surface area contributed by atoms with E-state index in [1.165, 1.54) is 11.1 Å². The first-order valence-electron chi connectivity index (χ1n) is 5.97. The molecule has 100 valence electrons. The van der Waals surface area contributed by atoms with E-state index in [0.29, 0.717) is 19.7 Å². The maximum Gasteiger partial charge on any atom is 0.237 e. The Labute approximate surface area is 114 Å². The van der Waals surface area contributed by atoms with Gasteiger partial charge in [0.25, 0.3) is 0 Å². The standard InChI is InChI=1S/C14H20ClNO2/c1-11-4-5-13(8-12(11)2)10-16(6-7-18-3)14(17)9-15/h4-5,8H,6-7,9-10H2,1-3H3. The molecule has 1 aromatic rings. The van der Waals surface area contributed by atoms with Crippen LogP contribution in [0.25, 0.3) is 0 Å². The zero-order valence-corrected chi connectivity index (χ0v) is 12.0. The number of carbonyl (C=O) groups excluding carboxylic acids is 1. The van der Waals surface area contributed by atoms with E-state index in [4.69, 9.17) is 16.3 Å². The molecule has 0 aromatic heterocycles. The van der Waals surface area contributed by atoms with Crippen molar-refractivity contribution in [2.75, 3.05) is 26.1 Å². The Bertz CT molecular complexity index is 407. The van der Waals surface area contributed by atoms with Gasteiger partial charge in [0.2, 0.25) is 5.91 Å². The minimum atomic E-state index is -0.0630. The van der Waals surface area contributed by atoms with E-state index in [1.54, 1.807) is 12.0 Å². The summed E-state index contributed by atoms with van der Waals surface area (Å²) < 4.78 is 5.01. The second kappa shape index (κ2) is 7.39. The molecular weight excluding hydrogens is 250 g/mol. The molecule has 0 spiro atoms. The second-order valence-electron chi connectivity index (χ2n) is 4.36. The lowest BCUT2D eigenvalue weighted by Crippen LogP contribution is -2.34.